The van der Waals surface area contributed by atoms with Crippen LogP contribution >= 0.6 is 11.6 Å². The number of H-pyrrole nitrogens is 1. The molecule has 33 heavy (non-hydrogen) atoms. The van der Waals surface area contributed by atoms with Gasteiger partial charge in [-0.2, -0.15) is 5.10 Å². The van der Waals surface area contributed by atoms with Crippen molar-refractivity contribution < 1.29 is 29.2 Å². The molecule has 0 radical (unpaired) electrons. The maximum Gasteiger partial charge on any atom is 0.273 e. The number of benzene rings is 2. The second-order valence-corrected chi connectivity index (χ2v) is 7.97. The fraction of sp³-hybridized carbons (Fsp3) is 0.304. The van der Waals surface area contributed by atoms with Crippen LogP contribution in [0.25, 0.3) is 11.3 Å². The van der Waals surface area contributed by atoms with Crippen LogP contribution in [-0.4, -0.2) is 65.7 Å². The maximum atomic E-state index is 13.2. The summed E-state index contributed by atoms with van der Waals surface area (Å²) in [5.74, 6) is 0.917. The van der Waals surface area contributed by atoms with E-state index in [1.807, 2.05) is 0 Å². The third-order valence-corrected chi connectivity index (χ3v) is 6.15. The molecule has 0 saturated carbocycles. The van der Waals surface area contributed by atoms with Crippen LogP contribution in [-0.2, 0) is 0 Å². The zero-order valence-electron chi connectivity index (χ0n) is 18.6. The zero-order valence-corrected chi connectivity index (χ0v) is 19.4. The third-order valence-electron chi connectivity index (χ3n) is 5.74. The molecule has 1 aliphatic rings. The Labute approximate surface area is 195 Å². The van der Waals surface area contributed by atoms with Gasteiger partial charge in [-0.15, -0.1) is 0 Å². The number of fused-ring (bicyclic) bond motifs is 1. The summed E-state index contributed by atoms with van der Waals surface area (Å²) in [4.78, 5) is 14.7. The number of phenolic OH excluding ortho intramolecular Hbond substituents is 1. The zero-order chi connectivity index (χ0) is 23.9. The number of carbonyl (C=O) groups is 1. The van der Waals surface area contributed by atoms with Crippen molar-refractivity contribution in [2.24, 2.45) is 0 Å². The van der Waals surface area contributed by atoms with Crippen molar-refractivity contribution in [1.29, 1.82) is 0 Å². The molecule has 2 aromatic carbocycles. The number of amides is 1. The number of aliphatic hydroxyl groups excluding tert-OH is 1. The number of nitrogens with one attached hydrogen (secondary N) is 1. The number of rotatable bonds is 7. The van der Waals surface area contributed by atoms with Gasteiger partial charge >= 0.3 is 0 Å². The molecule has 10 heteroatoms. The van der Waals surface area contributed by atoms with E-state index >= 15 is 0 Å². The molecule has 1 aliphatic heterocycles. The summed E-state index contributed by atoms with van der Waals surface area (Å²) in [6.45, 7) is 1.64. The van der Waals surface area contributed by atoms with Crippen LogP contribution in [0.15, 0.2) is 24.3 Å². The Kier molecular flexibility index (Phi) is 6.09. The van der Waals surface area contributed by atoms with Gasteiger partial charge in [-0.3, -0.25) is 9.89 Å². The van der Waals surface area contributed by atoms with Gasteiger partial charge in [0, 0.05) is 22.7 Å². The van der Waals surface area contributed by atoms with Gasteiger partial charge in [0.2, 0.25) is 5.75 Å². The molecule has 0 saturated heterocycles. The van der Waals surface area contributed by atoms with Crippen molar-refractivity contribution in [2.75, 3.05) is 34.5 Å². The van der Waals surface area contributed by atoms with Gasteiger partial charge in [-0.05, 0) is 42.3 Å². The Morgan fingerprint density at radius 3 is 2.36 bits per heavy atom. The molecule has 0 aliphatic carbocycles. The Morgan fingerprint density at radius 2 is 1.79 bits per heavy atom. The lowest BCUT2D eigenvalue weighted by molar-refractivity contribution is 0.0706. The van der Waals surface area contributed by atoms with E-state index in [4.69, 9.17) is 25.8 Å². The molecule has 9 nitrogen and oxygen atoms in total. The highest BCUT2D eigenvalue weighted by atomic mass is 35.5. The number of nitrogens with zero attached hydrogens (tertiary/aromatic N) is 2. The van der Waals surface area contributed by atoms with Gasteiger partial charge in [0.05, 0.1) is 34.0 Å². The fourth-order valence-corrected chi connectivity index (χ4v) is 4.37. The molecule has 3 aromatic rings. The number of ether oxygens (including phenoxy) is 3. The molecule has 0 bridgehead atoms. The van der Waals surface area contributed by atoms with E-state index in [0.29, 0.717) is 50.2 Å². The molecule has 0 fully saturated rings. The average molecular weight is 474 g/mol. The number of aromatic hydroxyl groups is 1. The summed E-state index contributed by atoms with van der Waals surface area (Å²) >= 11 is 6.32. The Balaban J connectivity index is 1.97. The van der Waals surface area contributed by atoms with Crippen LogP contribution in [0.5, 0.6) is 23.0 Å². The van der Waals surface area contributed by atoms with E-state index in [9.17, 15) is 15.0 Å². The number of phenols is 1. The number of aromatic nitrogens is 2. The molecule has 1 atom stereocenters. The third kappa shape index (κ3) is 3.63. The van der Waals surface area contributed by atoms with Gasteiger partial charge in [-0.25, -0.2) is 0 Å². The first-order chi connectivity index (χ1) is 15.9. The standard InChI is InChI=1S/C23H24ClN3O6/c1-11-7-15(29)13(10-14(11)24)19-18-20(26-25-19)23(30)27(5-6-28)21(18)12-8-16(31-2)22(33-4)17(9-12)32-3/h7-10,21,28-29H,5-6H2,1-4H3,(H,25,26)/t21-/m1/s1. The Hall–Kier alpha value is -3.43. The Bertz CT molecular complexity index is 1200. The van der Waals surface area contributed by atoms with Gasteiger partial charge in [0.25, 0.3) is 5.91 Å². The monoisotopic (exact) mass is 473 g/mol. The molecular formula is C23H24ClN3O6. The van der Waals surface area contributed by atoms with Gasteiger partial charge in [-0.1, -0.05) is 11.6 Å². The minimum absolute atomic E-state index is 0.0112. The number of hydrogen-bond acceptors (Lipinski definition) is 7. The van der Waals surface area contributed by atoms with Crippen molar-refractivity contribution in [3.8, 4) is 34.3 Å². The van der Waals surface area contributed by atoms with Crippen LogP contribution in [0.3, 0.4) is 0 Å². The summed E-state index contributed by atoms with van der Waals surface area (Å²) in [5.41, 5.74) is 2.97. The molecular weight excluding hydrogens is 450 g/mol. The smallest absolute Gasteiger partial charge is 0.273 e. The van der Waals surface area contributed by atoms with Crippen LogP contribution in [0.2, 0.25) is 5.02 Å². The molecule has 2 heterocycles. The number of carbonyl (C=O) groups excluding carboxylic acids is 1. The van der Waals surface area contributed by atoms with Crippen LogP contribution in [0.1, 0.15) is 33.2 Å². The highest BCUT2D eigenvalue weighted by Crippen LogP contribution is 2.48. The van der Waals surface area contributed by atoms with Gasteiger partial charge in [0.1, 0.15) is 17.1 Å². The van der Waals surface area contributed by atoms with E-state index in [2.05, 4.69) is 10.2 Å². The highest BCUT2D eigenvalue weighted by Gasteiger charge is 2.43. The molecule has 4 rings (SSSR count). The predicted octanol–water partition coefficient (Wildman–Crippen LogP) is 3.31. The summed E-state index contributed by atoms with van der Waals surface area (Å²) in [6.07, 6.45) is 0. The summed E-state index contributed by atoms with van der Waals surface area (Å²) in [6, 6.07) is 6.03. The molecule has 0 spiro atoms. The van der Waals surface area contributed by atoms with Crippen molar-refractivity contribution in [2.45, 2.75) is 13.0 Å². The van der Waals surface area contributed by atoms with E-state index < -0.39 is 6.04 Å². The fourth-order valence-electron chi connectivity index (χ4n) is 4.20. The number of hydrogen-bond donors (Lipinski definition) is 3. The molecule has 174 valence electrons. The van der Waals surface area contributed by atoms with E-state index in [-0.39, 0.29) is 30.5 Å². The Morgan fingerprint density at radius 1 is 1.12 bits per heavy atom. The van der Waals surface area contributed by atoms with E-state index in [0.717, 1.165) is 0 Å². The number of β-amino-alcohol motifs (C(OH)–C–C–N with tert-alkyl or cyclic N) is 1. The second-order valence-electron chi connectivity index (χ2n) is 7.56. The maximum absolute atomic E-state index is 13.2. The van der Waals surface area contributed by atoms with Crippen LogP contribution in [0.4, 0.5) is 0 Å². The summed E-state index contributed by atoms with van der Waals surface area (Å²) in [7, 11) is 4.52. The normalized spacial score (nSPS) is 15.0. The summed E-state index contributed by atoms with van der Waals surface area (Å²) < 4.78 is 16.4. The van der Waals surface area contributed by atoms with Crippen molar-refractivity contribution >= 4 is 17.5 Å². The van der Waals surface area contributed by atoms with E-state index in [1.165, 1.54) is 26.2 Å². The first kappa shape index (κ1) is 22.8. The molecule has 1 amide bonds. The van der Waals surface area contributed by atoms with Crippen molar-refractivity contribution in [3.05, 3.63) is 51.7 Å². The number of halogens is 1. The minimum atomic E-state index is -0.637. The second kappa shape index (κ2) is 8.84. The first-order valence-corrected chi connectivity index (χ1v) is 10.5. The predicted molar refractivity (Wildman–Crippen MR) is 121 cm³/mol. The lowest BCUT2D eigenvalue weighted by Crippen LogP contribution is -2.32. The van der Waals surface area contributed by atoms with Crippen molar-refractivity contribution in [3.63, 3.8) is 0 Å². The molecule has 3 N–H and O–H groups in total. The SMILES string of the molecule is COc1cc([C@@H]2c3c(-c4cc(Cl)c(C)cc4O)n[nH]c3C(=O)N2CCO)cc(OC)c1OC. The number of aryl methyl sites for hydroxylation is 1. The largest absolute Gasteiger partial charge is 0.507 e. The van der Waals surface area contributed by atoms with E-state index in [1.54, 1.807) is 31.2 Å². The quantitative estimate of drug-likeness (QED) is 0.482. The average Bonchev–Trinajstić information content (AvgIpc) is 3.34. The number of aliphatic hydroxyl groups is 1. The topological polar surface area (TPSA) is 117 Å². The summed E-state index contributed by atoms with van der Waals surface area (Å²) in [5, 5.41) is 27.9. The molecule has 1 aromatic heterocycles. The van der Waals surface area contributed by atoms with Crippen LogP contribution < -0.4 is 14.2 Å². The minimum Gasteiger partial charge on any atom is -0.507 e. The number of methoxy groups -OCH3 is 3. The lowest BCUT2D eigenvalue weighted by atomic mass is 9.94. The van der Waals surface area contributed by atoms with Crippen LogP contribution in [0, 0.1) is 6.92 Å². The van der Waals surface area contributed by atoms with Gasteiger partial charge in [0.15, 0.2) is 11.5 Å². The number of aromatic amines is 1. The lowest BCUT2D eigenvalue weighted by Gasteiger charge is -2.27. The molecule has 0 unspecified atom stereocenters. The van der Waals surface area contributed by atoms with Gasteiger partial charge < -0.3 is 29.3 Å². The highest BCUT2D eigenvalue weighted by molar-refractivity contribution is 6.31. The van der Waals surface area contributed by atoms with Crippen molar-refractivity contribution in [1.82, 2.24) is 15.1 Å². The first-order valence-electron chi connectivity index (χ1n) is 10.2.